The fraction of sp³-hybridized carbons (Fsp3) is 0. The largest absolute Gasteiger partial charge is 0.507 e. The maximum atomic E-state index is 10.7. The van der Waals surface area contributed by atoms with Gasteiger partial charge in [0.25, 0.3) is 0 Å². The number of carbonyl (C=O) groups is 1. The third-order valence-corrected chi connectivity index (χ3v) is 2.61. The van der Waals surface area contributed by atoms with Crippen LogP contribution in [0.4, 0.5) is 5.69 Å². The Bertz CT molecular complexity index is 694. The zero-order chi connectivity index (χ0) is 14.7. The molecule has 0 atom stereocenters. The van der Waals surface area contributed by atoms with Crippen molar-refractivity contribution < 1.29 is 25.2 Å². The second-order valence-corrected chi connectivity index (χ2v) is 3.98. The summed E-state index contributed by atoms with van der Waals surface area (Å²) in [6, 6.07) is 8.26. The van der Waals surface area contributed by atoms with E-state index in [2.05, 4.69) is 4.99 Å². The minimum Gasteiger partial charge on any atom is -0.507 e. The molecule has 0 bridgehead atoms. The van der Waals surface area contributed by atoms with Gasteiger partial charge in [-0.3, -0.25) is 4.99 Å². The minimum atomic E-state index is -1.23. The van der Waals surface area contributed by atoms with Gasteiger partial charge in [-0.2, -0.15) is 0 Å². The van der Waals surface area contributed by atoms with Gasteiger partial charge in [-0.05, 0) is 24.3 Å². The van der Waals surface area contributed by atoms with Crippen molar-refractivity contribution in [2.24, 2.45) is 4.99 Å². The molecule has 20 heavy (non-hydrogen) atoms. The molecule has 0 amide bonds. The molecular formula is C14H11NO5. The van der Waals surface area contributed by atoms with Gasteiger partial charge in [0.1, 0.15) is 11.3 Å². The van der Waals surface area contributed by atoms with E-state index >= 15 is 0 Å². The smallest absolute Gasteiger partial charge is 0.339 e. The molecule has 0 aliphatic rings. The number of phenolic OH excluding ortho intramolecular Hbond substituents is 2. The molecule has 4 N–H and O–H groups in total. The van der Waals surface area contributed by atoms with Crippen molar-refractivity contribution in [2.75, 3.05) is 0 Å². The van der Waals surface area contributed by atoms with E-state index in [1.165, 1.54) is 30.5 Å². The van der Waals surface area contributed by atoms with E-state index < -0.39 is 11.7 Å². The number of hydrogen-bond acceptors (Lipinski definition) is 5. The minimum absolute atomic E-state index is 0.218. The molecule has 0 unspecified atom stereocenters. The second-order valence-electron chi connectivity index (χ2n) is 3.98. The Morgan fingerprint density at radius 2 is 1.80 bits per heavy atom. The van der Waals surface area contributed by atoms with E-state index in [1.807, 2.05) is 0 Å². The molecule has 0 radical (unpaired) electrons. The van der Waals surface area contributed by atoms with E-state index in [-0.39, 0.29) is 17.1 Å². The molecule has 6 heteroatoms. The van der Waals surface area contributed by atoms with Crippen molar-refractivity contribution in [1.29, 1.82) is 0 Å². The summed E-state index contributed by atoms with van der Waals surface area (Å²) in [5.41, 5.74) is 0.395. The molecule has 0 aliphatic heterocycles. The standard InChI is InChI=1S/C14H11NO5/c16-11-3-1-2-8(13(11)18)7-15-9-4-5-10(14(19)20)12(17)6-9/h1-7,16-18H,(H,19,20). The Balaban J connectivity index is 2.30. The summed E-state index contributed by atoms with van der Waals surface area (Å²) < 4.78 is 0. The number of rotatable bonds is 3. The number of nitrogens with zero attached hydrogens (tertiary/aromatic N) is 1. The summed E-state index contributed by atoms with van der Waals surface area (Å²) in [6.45, 7) is 0. The second kappa shape index (κ2) is 5.31. The number of carboxylic acids is 1. The number of hydrogen-bond donors (Lipinski definition) is 4. The summed E-state index contributed by atoms with van der Waals surface area (Å²) in [5, 5.41) is 37.2. The summed E-state index contributed by atoms with van der Waals surface area (Å²) in [4.78, 5) is 14.7. The van der Waals surface area contributed by atoms with Crippen LogP contribution in [0.15, 0.2) is 41.4 Å². The zero-order valence-electron chi connectivity index (χ0n) is 10.2. The Labute approximate surface area is 113 Å². The Hall–Kier alpha value is -3.02. The maximum absolute atomic E-state index is 10.7. The van der Waals surface area contributed by atoms with Crippen LogP contribution in [0.3, 0.4) is 0 Å². The third-order valence-electron chi connectivity index (χ3n) is 2.61. The van der Waals surface area contributed by atoms with Gasteiger partial charge in [0.15, 0.2) is 11.5 Å². The summed E-state index contributed by atoms with van der Waals surface area (Å²) in [6.07, 6.45) is 1.30. The van der Waals surface area contributed by atoms with E-state index in [0.717, 1.165) is 0 Å². The van der Waals surface area contributed by atoms with Gasteiger partial charge < -0.3 is 20.4 Å². The molecule has 2 aromatic rings. The number of para-hydroxylation sites is 1. The Morgan fingerprint density at radius 1 is 1.05 bits per heavy atom. The summed E-state index contributed by atoms with van der Waals surface area (Å²) in [7, 11) is 0. The van der Waals surface area contributed by atoms with E-state index in [4.69, 9.17) is 5.11 Å². The van der Waals surface area contributed by atoms with Crippen molar-refractivity contribution in [3.8, 4) is 17.2 Å². The van der Waals surface area contributed by atoms with Crippen LogP contribution in [-0.2, 0) is 0 Å². The molecule has 0 aliphatic carbocycles. The first-order chi connectivity index (χ1) is 9.49. The summed E-state index contributed by atoms with van der Waals surface area (Å²) in [5.74, 6) is -2.20. The molecule has 0 aromatic heterocycles. The topological polar surface area (TPSA) is 110 Å². The van der Waals surface area contributed by atoms with E-state index in [0.29, 0.717) is 11.3 Å². The highest BCUT2D eigenvalue weighted by molar-refractivity contribution is 5.92. The number of phenols is 3. The van der Waals surface area contributed by atoms with Gasteiger partial charge in [0, 0.05) is 17.8 Å². The molecule has 0 saturated carbocycles. The van der Waals surface area contributed by atoms with Crippen LogP contribution < -0.4 is 0 Å². The first-order valence-corrected chi connectivity index (χ1v) is 5.60. The first-order valence-electron chi connectivity index (χ1n) is 5.60. The molecule has 0 fully saturated rings. The highest BCUT2D eigenvalue weighted by atomic mass is 16.4. The lowest BCUT2D eigenvalue weighted by atomic mass is 10.2. The lowest BCUT2D eigenvalue weighted by Crippen LogP contribution is -1.95. The quantitative estimate of drug-likeness (QED) is 0.506. The van der Waals surface area contributed by atoms with Crippen LogP contribution >= 0.6 is 0 Å². The fourth-order valence-electron chi connectivity index (χ4n) is 1.58. The van der Waals surface area contributed by atoms with Crippen LogP contribution in [0.5, 0.6) is 17.2 Å². The highest BCUT2D eigenvalue weighted by Crippen LogP contribution is 2.28. The van der Waals surface area contributed by atoms with E-state index in [9.17, 15) is 20.1 Å². The van der Waals surface area contributed by atoms with Crippen molar-refractivity contribution in [3.63, 3.8) is 0 Å². The Kier molecular flexibility index (Phi) is 3.56. The number of aromatic hydroxyl groups is 3. The first kappa shape index (κ1) is 13.4. The molecule has 2 rings (SSSR count). The normalized spacial score (nSPS) is 10.8. The lowest BCUT2D eigenvalue weighted by Gasteiger charge is -2.02. The highest BCUT2D eigenvalue weighted by Gasteiger charge is 2.09. The lowest BCUT2D eigenvalue weighted by molar-refractivity contribution is 0.0694. The average Bonchev–Trinajstić information content (AvgIpc) is 2.40. The predicted molar refractivity (Wildman–Crippen MR) is 72.1 cm³/mol. The van der Waals surface area contributed by atoms with Gasteiger partial charge >= 0.3 is 5.97 Å². The number of aliphatic imine (C=N–C) groups is 1. The van der Waals surface area contributed by atoms with Crippen LogP contribution in [0.25, 0.3) is 0 Å². The van der Waals surface area contributed by atoms with E-state index in [1.54, 1.807) is 12.1 Å². The molecule has 6 nitrogen and oxygen atoms in total. The molecule has 0 heterocycles. The van der Waals surface area contributed by atoms with Gasteiger partial charge in [-0.15, -0.1) is 0 Å². The average molecular weight is 273 g/mol. The zero-order valence-corrected chi connectivity index (χ0v) is 10.2. The van der Waals surface area contributed by atoms with Crippen molar-refractivity contribution in [2.45, 2.75) is 0 Å². The predicted octanol–water partition coefficient (Wildman–Crippen LogP) is 2.25. The third kappa shape index (κ3) is 2.69. The molecule has 2 aromatic carbocycles. The molecule has 0 spiro atoms. The number of benzene rings is 2. The van der Waals surface area contributed by atoms with Crippen molar-refractivity contribution in [3.05, 3.63) is 47.5 Å². The van der Waals surface area contributed by atoms with Crippen LogP contribution in [0, 0.1) is 0 Å². The van der Waals surface area contributed by atoms with Crippen LogP contribution in [-0.4, -0.2) is 32.6 Å². The van der Waals surface area contributed by atoms with Gasteiger partial charge in [-0.1, -0.05) is 6.07 Å². The maximum Gasteiger partial charge on any atom is 0.339 e. The van der Waals surface area contributed by atoms with Gasteiger partial charge in [0.05, 0.1) is 5.69 Å². The monoisotopic (exact) mass is 273 g/mol. The summed E-state index contributed by atoms with van der Waals surface area (Å²) >= 11 is 0. The van der Waals surface area contributed by atoms with Crippen molar-refractivity contribution >= 4 is 17.9 Å². The number of carboxylic acid groups (broad SMARTS) is 1. The molecule has 0 saturated heterocycles. The molecular weight excluding hydrogens is 262 g/mol. The van der Waals surface area contributed by atoms with Crippen LogP contribution in [0.2, 0.25) is 0 Å². The van der Waals surface area contributed by atoms with Gasteiger partial charge in [-0.25, -0.2) is 4.79 Å². The Morgan fingerprint density at radius 3 is 2.45 bits per heavy atom. The van der Waals surface area contributed by atoms with Crippen LogP contribution in [0.1, 0.15) is 15.9 Å². The SMILES string of the molecule is O=C(O)c1ccc(N=Cc2cccc(O)c2O)cc1O. The fourth-order valence-corrected chi connectivity index (χ4v) is 1.58. The van der Waals surface area contributed by atoms with Crippen molar-refractivity contribution in [1.82, 2.24) is 0 Å². The molecule has 102 valence electrons. The van der Waals surface area contributed by atoms with Gasteiger partial charge in [0.2, 0.25) is 0 Å². The number of aromatic carboxylic acids is 1.